The summed E-state index contributed by atoms with van der Waals surface area (Å²) in [5.41, 5.74) is 3.36. The number of halogens is 1. The maximum Gasteiger partial charge on any atom is 0.0659 e. The maximum absolute atomic E-state index is 6.13. The van der Waals surface area contributed by atoms with Gasteiger partial charge in [-0.2, -0.15) is 0 Å². The van der Waals surface area contributed by atoms with Crippen LogP contribution in [0.15, 0.2) is 53.6 Å². The highest BCUT2D eigenvalue weighted by Crippen LogP contribution is 2.32. The van der Waals surface area contributed by atoms with Crippen LogP contribution in [0, 0.1) is 0 Å². The van der Waals surface area contributed by atoms with Gasteiger partial charge < -0.3 is 4.98 Å². The van der Waals surface area contributed by atoms with Crippen LogP contribution in [0.4, 0.5) is 0 Å². The molecule has 0 saturated heterocycles. The van der Waals surface area contributed by atoms with Gasteiger partial charge in [-0.3, -0.25) is 5.14 Å². The van der Waals surface area contributed by atoms with Gasteiger partial charge in [0, 0.05) is 22.0 Å². The minimum absolute atomic E-state index is 0.751. The fraction of sp³-hybridized carbons (Fsp3) is 0. The molecule has 0 aliphatic heterocycles. The number of fused-ring (bicyclic) bond motifs is 1. The molecule has 0 radical (unpaired) electrons. The number of benzene rings is 2. The zero-order chi connectivity index (χ0) is 12.5. The molecule has 0 bridgehead atoms. The molecule has 0 atom stereocenters. The molecule has 0 aliphatic rings. The molecule has 4 heteroatoms. The molecule has 18 heavy (non-hydrogen) atoms. The van der Waals surface area contributed by atoms with Gasteiger partial charge in [0.05, 0.1) is 10.5 Å². The van der Waals surface area contributed by atoms with Gasteiger partial charge in [-0.15, -0.1) is 0 Å². The normalized spacial score (nSPS) is 11.0. The van der Waals surface area contributed by atoms with Crippen molar-refractivity contribution in [2.45, 2.75) is 4.90 Å². The van der Waals surface area contributed by atoms with Gasteiger partial charge in [-0.1, -0.05) is 41.9 Å². The Hall–Kier alpha value is -1.42. The van der Waals surface area contributed by atoms with Gasteiger partial charge in [0.1, 0.15) is 0 Å². The van der Waals surface area contributed by atoms with E-state index in [0.29, 0.717) is 0 Å². The van der Waals surface area contributed by atoms with E-state index in [1.165, 1.54) is 11.9 Å². The zero-order valence-electron chi connectivity index (χ0n) is 9.48. The largest absolute Gasteiger partial charge is 0.359 e. The Morgan fingerprint density at radius 1 is 1.06 bits per heavy atom. The molecule has 0 fully saturated rings. The molecule has 2 nitrogen and oxygen atoms in total. The molecule has 2 aromatic carbocycles. The Kier molecular flexibility index (Phi) is 3.04. The van der Waals surface area contributed by atoms with Gasteiger partial charge in [-0.25, -0.2) is 0 Å². The van der Waals surface area contributed by atoms with Crippen molar-refractivity contribution in [1.29, 1.82) is 0 Å². The lowest BCUT2D eigenvalue weighted by molar-refractivity contribution is 1.44. The molecular formula is C14H11ClN2S. The van der Waals surface area contributed by atoms with E-state index in [1.807, 2.05) is 30.5 Å². The van der Waals surface area contributed by atoms with Crippen LogP contribution < -0.4 is 5.14 Å². The van der Waals surface area contributed by atoms with Crippen molar-refractivity contribution in [3.8, 4) is 11.1 Å². The van der Waals surface area contributed by atoms with E-state index in [9.17, 15) is 0 Å². The third kappa shape index (κ3) is 1.90. The zero-order valence-corrected chi connectivity index (χ0v) is 11.1. The standard InChI is InChI=1S/C14H11ClN2S/c15-13-8-17-14-11(2-1-3-12(13)14)9-4-6-10(18-16)7-5-9/h1-8,17H,16H2. The number of nitrogens with two attached hydrogens (primary N) is 1. The summed E-state index contributed by atoms with van der Waals surface area (Å²) >= 11 is 7.38. The van der Waals surface area contributed by atoms with Crippen LogP contribution in [-0.2, 0) is 0 Å². The molecule has 0 aliphatic carbocycles. The van der Waals surface area contributed by atoms with Gasteiger partial charge in [0.15, 0.2) is 0 Å². The van der Waals surface area contributed by atoms with E-state index in [1.54, 1.807) is 0 Å². The molecule has 3 N–H and O–H groups in total. The lowest BCUT2D eigenvalue weighted by atomic mass is 10.0. The number of hydrogen-bond acceptors (Lipinski definition) is 2. The first-order chi connectivity index (χ1) is 8.79. The highest BCUT2D eigenvalue weighted by atomic mass is 35.5. The summed E-state index contributed by atoms with van der Waals surface area (Å²) in [6.07, 6.45) is 1.82. The Balaban J connectivity index is 2.18. The minimum atomic E-state index is 0.751. The van der Waals surface area contributed by atoms with Crippen molar-refractivity contribution in [2.75, 3.05) is 0 Å². The first-order valence-electron chi connectivity index (χ1n) is 5.52. The van der Waals surface area contributed by atoms with Crippen molar-refractivity contribution >= 4 is 34.5 Å². The molecular weight excluding hydrogens is 264 g/mol. The summed E-state index contributed by atoms with van der Waals surface area (Å²) < 4.78 is 0. The molecule has 3 rings (SSSR count). The second kappa shape index (κ2) is 4.69. The number of para-hydroxylation sites is 1. The summed E-state index contributed by atoms with van der Waals surface area (Å²) in [5, 5.41) is 7.32. The second-order valence-corrected chi connectivity index (χ2v) is 5.12. The topological polar surface area (TPSA) is 41.8 Å². The van der Waals surface area contributed by atoms with Crippen molar-refractivity contribution in [2.24, 2.45) is 5.14 Å². The van der Waals surface area contributed by atoms with Crippen LogP contribution in [-0.4, -0.2) is 4.98 Å². The Labute approximate surface area is 114 Å². The highest BCUT2D eigenvalue weighted by molar-refractivity contribution is 7.97. The van der Waals surface area contributed by atoms with Crippen LogP contribution in [0.2, 0.25) is 5.02 Å². The van der Waals surface area contributed by atoms with Crippen molar-refractivity contribution in [3.05, 3.63) is 53.7 Å². The SMILES string of the molecule is NSc1ccc(-c2cccc3c(Cl)c[nH]c23)cc1. The van der Waals surface area contributed by atoms with Crippen molar-refractivity contribution < 1.29 is 0 Å². The average molecular weight is 275 g/mol. The van der Waals surface area contributed by atoms with Crippen molar-refractivity contribution in [1.82, 2.24) is 4.98 Å². The first-order valence-corrected chi connectivity index (χ1v) is 6.78. The summed E-state index contributed by atoms with van der Waals surface area (Å²) in [5.74, 6) is 0. The lowest BCUT2D eigenvalue weighted by Crippen LogP contribution is -1.82. The van der Waals surface area contributed by atoms with Crippen LogP contribution >= 0.6 is 23.5 Å². The predicted octanol–water partition coefficient (Wildman–Crippen LogP) is 4.45. The molecule has 0 saturated carbocycles. The van der Waals surface area contributed by atoms with Gasteiger partial charge in [0.25, 0.3) is 0 Å². The van der Waals surface area contributed by atoms with Crippen LogP contribution in [0.25, 0.3) is 22.0 Å². The highest BCUT2D eigenvalue weighted by Gasteiger charge is 2.07. The summed E-state index contributed by atoms with van der Waals surface area (Å²) in [6.45, 7) is 0. The number of hydrogen-bond donors (Lipinski definition) is 2. The van der Waals surface area contributed by atoms with Crippen LogP contribution in [0.3, 0.4) is 0 Å². The maximum atomic E-state index is 6.13. The predicted molar refractivity (Wildman–Crippen MR) is 78.8 cm³/mol. The molecule has 1 heterocycles. The minimum Gasteiger partial charge on any atom is -0.359 e. The number of H-pyrrole nitrogens is 1. The number of rotatable bonds is 2. The quantitative estimate of drug-likeness (QED) is 0.678. The Morgan fingerprint density at radius 3 is 2.56 bits per heavy atom. The summed E-state index contributed by atoms with van der Waals surface area (Å²) in [4.78, 5) is 4.27. The third-order valence-electron chi connectivity index (χ3n) is 2.97. The molecule has 1 aromatic heterocycles. The molecule has 0 unspecified atom stereocenters. The number of aromatic nitrogens is 1. The second-order valence-electron chi connectivity index (χ2n) is 4.01. The Morgan fingerprint density at radius 2 is 1.83 bits per heavy atom. The molecule has 3 aromatic rings. The molecule has 90 valence electrons. The van der Waals surface area contributed by atoms with E-state index in [4.69, 9.17) is 16.7 Å². The fourth-order valence-electron chi connectivity index (χ4n) is 2.07. The molecule has 0 amide bonds. The fourth-order valence-corrected chi connectivity index (χ4v) is 2.58. The number of nitrogens with one attached hydrogen (secondary N) is 1. The Bertz CT molecular complexity index is 689. The van der Waals surface area contributed by atoms with Crippen LogP contribution in [0.5, 0.6) is 0 Å². The van der Waals surface area contributed by atoms with E-state index < -0.39 is 0 Å². The average Bonchev–Trinajstić information content (AvgIpc) is 2.81. The first kappa shape index (κ1) is 11.7. The van der Waals surface area contributed by atoms with Crippen LogP contribution in [0.1, 0.15) is 0 Å². The van der Waals surface area contributed by atoms with E-state index in [2.05, 4.69) is 23.2 Å². The summed E-state index contributed by atoms with van der Waals surface area (Å²) in [6, 6.07) is 14.3. The third-order valence-corrected chi connectivity index (χ3v) is 3.82. The monoisotopic (exact) mass is 274 g/mol. The lowest BCUT2D eigenvalue weighted by Gasteiger charge is -2.04. The van der Waals surface area contributed by atoms with Gasteiger partial charge >= 0.3 is 0 Å². The van der Waals surface area contributed by atoms with E-state index in [-0.39, 0.29) is 0 Å². The van der Waals surface area contributed by atoms with Crippen molar-refractivity contribution in [3.63, 3.8) is 0 Å². The van der Waals surface area contributed by atoms with E-state index >= 15 is 0 Å². The van der Waals surface area contributed by atoms with Gasteiger partial charge in [-0.05, 0) is 29.6 Å². The van der Waals surface area contributed by atoms with Gasteiger partial charge in [0.2, 0.25) is 0 Å². The number of aromatic amines is 1. The smallest absolute Gasteiger partial charge is 0.0659 e. The summed E-state index contributed by atoms with van der Waals surface area (Å²) in [7, 11) is 0. The molecule has 0 spiro atoms. The van der Waals surface area contributed by atoms with E-state index in [0.717, 1.165) is 31.9 Å².